The number of amides is 1. The highest BCUT2D eigenvalue weighted by Crippen LogP contribution is 2.27. The zero-order chi connectivity index (χ0) is 19.9. The smallest absolute Gasteiger partial charge is 0.258 e. The van der Waals surface area contributed by atoms with Gasteiger partial charge in [0.1, 0.15) is 12.2 Å². The van der Waals surface area contributed by atoms with Crippen molar-refractivity contribution in [2.24, 2.45) is 13.0 Å². The summed E-state index contributed by atoms with van der Waals surface area (Å²) >= 11 is 0. The van der Waals surface area contributed by atoms with Gasteiger partial charge in [-0.2, -0.15) is 0 Å². The Kier molecular flexibility index (Phi) is 6.58. The summed E-state index contributed by atoms with van der Waals surface area (Å²) in [4.78, 5) is 13.9. The van der Waals surface area contributed by atoms with Crippen LogP contribution in [0.15, 0.2) is 60.9 Å². The summed E-state index contributed by atoms with van der Waals surface area (Å²) in [6, 6.07) is 17.6. The molecular formula is C23H28N4O. The van der Waals surface area contributed by atoms with E-state index in [1.807, 2.05) is 71.1 Å². The number of carbonyl (C=O) groups excluding carboxylic acids is 1. The van der Waals surface area contributed by atoms with Gasteiger partial charge in [-0.1, -0.05) is 63.1 Å². The first-order chi connectivity index (χ1) is 13.6. The Morgan fingerprint density at radius 1 is 1.00 bits per heavy atom. The maximum Gasteiger partial charge on any atom is 0.258 e. The third kappa shape index (κ3) is 4.47. The number of fused-ring (bicyclic) bond motifs is 1. The third-order valence-electron chi connectivity index (χ3n) is 5.32. The largest absolute Gasteiger partial charge is 0.321 e. The molecule has 1 aliphatic heterocycles. The Hall–Kier alpha value is -2.95. The average molecular weight is 377 g/mol. The molecule has 0 unspecified atom stereocenters. The number of hydrogen-bond donors (Lipinski definition) is 0. The van der Waals surface area contributed by atoms with Crippen LogP contribution in [0.3, 0.4) is 0 Å². The van der Waals surface area contributed by atoms with Crippen molar-refractivity contribution in [3.63, 3.8) is 0 Å². The molecule has 28 heavy (non-hydrogen) atoms. The number of aryl methyl sites for hydroxylation is 1. The molecule has 3 aromatic rings. The summed E-state index contributed by atoms with van der Waals surface area (Å²) in [7, 11) is 2.00. The summed E-state index contributed by atoms with van der Waals surface area (Å²) < 4.78 is 2.00. The lowest BCUT2D eigenvalue weighted by Crippen LogP contribution is -2.22. The van der Waals surface area contributed by atoms with Crippen LogP contribution < -0.4 is 4.90 Å². The molecule has 5 heteroatoms. The number of aromatic nitrogens is 3. The fourth-order valence-corrected chi connectivity index (χ4v) is 3.40. The van der Waals surface area contributed by atoms with E-state index in [2.05, 4.69) is 24.0 Å². The van der Waals surface area contributed by atoms with Crippen molar-refractivity contribution in [2.45, 2.75) is 39.7 Å². The van der Waals surface area contributed by atoms with E-state index in [1.54, 1.807) is 6.33 Å². The lowest BCUT2D eigenvalue weighted by molar-refractivity contribution is 0.0996. The molecule has 0 bridgehead atoms. The van der Waals surface area contributed by atoms with E-state index in [0.717, 1.165) is 35.0 Å². The molecule has 0 aliphatic carbocycles. The van der Waals surface area contributed by atoms with Crippen LogP contribution in [0.2, 0.25) is 0 Å². The zero-order valence-corrected chi connectivity index (χ0v) is 16.9. The first kappa shape index (κ1) is 19.8. The zero-order valence-electron chi connectivity index (χ0n) is 16.9. The SMILES string of the molecule is CCC(CC)Cc1nncn1C.O=C1c2ccccc2CN1c1ccccc1. The lowest BCUT2D eigenvalue weighted by atomic mass is 9.99. The number of para-hydroxylation sites is 1. The van der Waals surface area contributed by atoms with Crippen molar-refractivity contribution >= 4 is 11.6 Å². The van der Waals surface area contributed by atoms with E-state index in [4.69, 9.17) is 0 Å². The molecule has 1 aliphatic rings. The van der Waals surface area contributed by atoms with Crippen LogP contribution in [0.25, 0.3) is 0 Å². The van der Waals surface area contributed by atoms with Crippen LogP contribution in [-0.2, 0) is 20.0 Å². The molecule has 1 aromatic heterocycles. The minimum absolute atomic E-state index is 0.0989. The Labute approximate surface area is 167 Å². The molecule has 0 atom stereocenters. The summed E-state index contributed by atoms with van der Waals surface area (Å²) in [5.41, 5.74) is 2.89. The Bertz CT molecular complexity index is 900. The summed E-state index contributed by atoms with van der Waals surface area (Å²) in [5.74, 6) is 1.96. The van der Waals surface area contributed by atoms with Gasteiger partial charge in [0.15, 0.2) is 0 Å². The highest BCUT2D eigenvalue weighted by atomic mass is 16.2. The van der Waals surface area contributed by atoms with Gasteiger partial charge in [0, 0.05) is 24.7 Å². The molecule has 2 heterocycles. The quantitative estimate of drug-likeness (QED) is 0.652. The van der Waals surface area contributed by atoms with E-state index < -0.39 is 0 Å². The van der Waals surface area contributed by atoms with Gasteiger partial charge in [-0.05, 0) is 29.7 Å². The van der Waals surface area contributed by atoms with E-state index in [-0.39, 0.29) is 5.91 Å². The van der Waals surface area contributed by atoms with Gasteiger partial charge in [0.05, 0.1) is 6.54 Å². The van der Waals surface area contributed by atoms with Gasteiger partial charge in [-0.3, -0.25) is 4.79 Å². The van der Waals surface area contributed by atoms with Gasteiger partial charge < -0.3 is 9.47 Å². The minimum Gasteiger partial charge on any atom is -0.321 e. The average Bonchev–Trinajstić information content (AvgIpc) is 3.30. The highest BCUT2D eigenvalue weighted by molar-refractivity contribution is 6.09. The Balaban J connectivity index is 0.000000169. The van der Waals surface area contributed by atoms with Crippen molar-refractivity contribution < 1.29 is 4.79 Å². The van der Waals surface area contributed by atoms with Crippen LogP contribution in [0.1, 0.15) is 48.4 Å². The van der Waals surface area contributed by atoms with Crippen LogP contribution in [0, 0.1) is 5.92 Å². The first-order valence-electron chi connectivity index (χ1n) is 9.91. The molecule has 5 nitrogen and oxygen atoms in total. The van der Waals surface area contributed by atoms with E-state index in [1.165, 1.54) is 12.8 Å². The molecule has 2 aromatic carbocycles. The van der Waals surface area contributed by atoms with Crippen molar-refractivity contribution in [3.8, 4) is 0 Å². The van der Waals surface area contributed by atoms with E-state index in [9.17, 15) is 4.79 Å². The number of nitrogens with zero attached hydrogens (tertiary/aromatic N) is 4. The van der Waals surface area contributed by atoms with Gasteiger partial charge in [0.2, 0.25) is 0 Å². The summed E-state index contributed by atoms with van der Waals surface area (Å²) in [5, 5.41) is 7.92. The maximum atomic E-state index is 12.1. The number of carbonyl (C=O) groups is 1. The maximum absolute atomic E-state index is 12.1. The molecule has 0 N–H and O–H groups in total. The van der Waals surface area contributed by atoms with Crippen molar-refractivity contribution in [1.82, 2.24) is 14.8 Å². The fourth-order valence-electron chi connectivity index (χ4n) is 3.40. The van der Waals surface area contributed by atoms with Crippen molar-refractivity contribution in [2.75, 3.05) is 4.90 Å². The Morgan fingerprint density at radius 2 is 1.68 bits per heavy atom. The number of rotatable bonds is 5. The predicted molar refractivity (Wildman–Crippen MR) is 112 cm³/mol. The van der Waals surface area contributed by atoms with E-state index >= 15 is 0 Å². The van der Waals surface area contributed by atoms with E-state index in [0.29, 0.717) is 6.54 Å². The van der Waals surface area contributed by atoms with Gasteiger partial charge >= 0.3 is 0 Å². The van der Waals surface area contributed by atoms with Gasteiger partial charge in [0.25, 0.3) is 5.91 Å². The minimum atomic E-state index is 0.0989. The molecule has 0 saturated heterocycles. The second kappa shape index (κ2) is 9.31. The predicted octanol–water partition coefficient (Wildman–Crippen LogP) is 4.64. The molecule has 0 spiro atoms. The van der Waals surface area contributed by atoms with Crippen LogP contribution in [0.5, 0.6) is 0 Å². The monoisotopic (exact) mass is 376 g/mol. The lowest BCUT2D eigenvalue weighted by Gasteiger charge is -2.15. The molecule has 1 amide bonds. The van der Waals surface area contributed by atoms with Gasteiger partial charge in [-0.15, -0.1) is 10.2 Å². The number of anilines is 1. The second-order valence-corrected chi connectivity index (χ2v) is 7.13. The summed E-state index contributed by atoms with van der Waals surface area (Å²) in [6.07, 6.45) is 5.27. The molecule has 0 radical (unpaired) electrons. The number of benzene rings is 2. The topological polar surface area (TPSA) is 51.0 Å². The Morgan fingerprint density at radius 3 is 2.29 bits per heavy atom. The molecule has 4 rings (SSSR count). The highest BCUT2D eigenvalue weighted by Gasteiger charge is 2.27. The van der Waals surface area contributed by atoms with Crippen molar-refractivity contribution in [1.29, 1.82) is 0 Å². The third-order valence-corrected chi connectivity index (χ3v) is 5.32. The standard InChI is InChI=1S/C14H11NO.C9H17N3/c16-14-13-9-5-4-6-11(13)10-15(14)12-7-2-1-3-8-12;1-4-8(5-2)6-9-11-10-7-12(9)3/h1-9H,10H2;7-8H,4-6H2,1-3H3. The summed E-state index contributed by atoms with van der Waals surface area (Å²) in [6.45, 7) is 5.13. The van der Waals surface area contributed by atoms with Crippen LogP contribution in [-0.4, -0.2) is 20.7 Å². The second-order valence-electron chi connectivity index (χ2n) is 7.13. The van der Waals surface area contributed by atoms with Crippen molar-refractivity contribution in [3.05, 3.63) is 77.9 Å². The molecule has 0 saturated carbocycles. The molecular weight excluding hydrogens is 348 g/mol. The number of hydrogen-bond acceptors (Lipinski definition) is 3. The van der Waals surface area contributed by atoms with Crippen LogP contribution >= 0.6 is 0 Å². The first-order valence-corrected chi connectivity index (χ1v) is 9.91. The fraction of sp³-hybridized carbons (Fsp3) is 0.348. The molecule has 0 fully saturated rings. The normalized spacial score (nSPS) is 12.7. The van der Waals surface area contributed by atoms with Gasteiger partial charge in [-0.25, -0.2) is 0 Å². The van der Waals surface area contributed by atoms with Crippen LogP contribution in [0.4, 0.5) is 5.69 Å². The molecule has 146 valence electrons.